The first-order valence-electron chi connectivity index (χ1n) is 11.1. The van der Waals surface area contributed by atoms with Crippen molar-refractivity contribution in [1.82, 2.24) is 5.32 Å². The van der Waals surface area contributed by atoms with Gasteiger partial charge in [0, 0.05) is 12.5 Å². The van der Waals surface area contributed by atoms with Gasteiger partial charge in [0.2, 0.25) is 0 Å². The molecule has 0 saturated carbocycles. The second-order valence-corrected chi connectivity index (χ2v) is 8.19. The highest BCUT2D eigenvalue weighted by Crippen LogP contribution is 2.44. The molecule has 0 aromatic heterocycles. The summed E-state index contributed by atoms with van der Waals surface area (Å²) >= 11 is 0. The van der Waals surface area contributed by atoms with E-state index in [1.165, 1.54) is 22.3 Å². The Labute approximate surface area is 193 Å². The van der Waals surface area contributed by atoms with Crippen LogP contribution in [0.3, 0.4) is 0 Å². The van der Waals surface area contributed by atoms with Crippen LogP contribution in [-0.4, -0.2) is 17.8 Å². The van der Waals surface area contributed by atoms with Gasteiger partial charge in [0.1, 0.15) is 6.61 Å². The largest absolute Gasteiger partial charge is 0.449 e. The van der Waals surface area contributed by atoms with Gasteiger partial charge in [-0.1, -0.05) is 91.0 Å². The highest BCUT2D eigenvalue weighted by atomic mass is 16.5. The Bertz CT molecular complexity index is 1250. The molecule has 0 saturated heterocycles. The first-order valence-corrected chi connectivity index (χ1v) is 11.1. The van der Waals surface area contributed by atoms with Gasteiger partial charge in [-0.25, -0.2) is 4.79 Å². The molecule has 1 amide bonds. The van der Waals surface area contributed by atoms with Gasteiger partial charge in [-0.3, -0.25) is 0 Å². The van der Waals surface area contributed by atoms with E-state index in [1.807, 2.05) is 72.8 Å². The average Bonchev–Trinajstić information content (AvgIpc) is 3.20. The summed E-state index contributed by atoms with van der Waals surface area (Å²) in [4.78, 5) is 12.6. The maximum Gasteiger partial charge on any atom is 0.407 e. The highest BCUT2D eigenvalue weighted by Gasteiger charge is 2.28. The van der Waals surface area contributed by atoms with Gasteiger partial charge >= 0.3 is 6.09 Å². The number of hydrogen-bond acceptors (Lipinski definition) is 3. The number of ether oxygens (including phenoxy) is 1. The molecule has 0 bridgehead atoms. The molecule has 0 heterocycles. The summed E-state index contributed by atoms with van der Waals surface area (Å²) in [6, 6.07) is 32.3. The minimum atomic E-state index is -0.434. The normalized spacial score (nSPS) is 12.2. The second kappa shape index (κ2) is 9.31. The van der Waals surface area contributed by atoms with E-state index in [1.54, 1.807) is 0 Å². The molecule has 4 heteroatoms. The second-order valence-electron chi connectivity index (χ2n) is 8.19. The molecule has 0 unspecified atom stereocenters. The van der Waals surface area contributed by atoms with E-state index in [0.29, 0.717) is 13.2 Å². The Morgan fingerprint density at radius 2 is 1.42 bits per heavy atom. The lowest BCUT2D eigenvalue weighted by atomic mass is 9.98. The molecule has 33 heavy (non-hydrogen) atoms. The van der Waals surface area contributed by atoms with Crippen molar-refractivity contribution in [3.05, 3.63) is 119 Å². The summed E-state index contributed by atoms with van der Waals surface area (Å²) in [5.74, 6) is 0.0386. The van der Waals surface area contributed by atoms with Crippen LogP contribution < -0.4 is 5.32 Å². The SMILES string of the molecule is O=C(NCc1ccccc1-c1cccc(CO)c1)OCC1c2ccccc2-c2ccccc21. The number of hydrogen-bond donors (Lipinski definition) is 2. The Balaban J connectivity index is 1.26. The molecule has 2 N–H and O–H groups in total. The minimum Gasteiger partial charge on any atom is -0.449 e. The van der Waals surface area contributed by atoms with E-state index >= 15 is 0 Å². The van der Waals surface area contributed by atoms with Crippen LogP contribution in [0.2, 0.25) is 0 Å². The number of nitrogens with one attached hydrogen (secondary N) is 1. The van der Waals surface area contributed by atoms with Crippen molar-refractivity contribution in [2.75, 3.05) is 6.61 Å². The highest BCUT2D eigenvalue weighted by molar-refractivity contribution is 5.79. The zero-order valence-corrected chi connectivity index (χ0v) is 18.2. The van der Waals surface area contributed by atoms with E-state index in [4.69, 9.17) is 4.74 Å². The lowest BCUT2D eigenvalue weighted by Gasteiger charge is -2.15. The van der Waals surface area contributed by atoms with Gasteiger partial charge in [0.05, 0.1) is 6.61 Å². The molecule has 4 aromatic carbocycles. The topological polar surface area (TPSA) is 58.6 Å². The van der Waals surface area contributed by atoms with Crippen molar-refractivity contribution in [3.63, 3.8) is 0 Å². The third-order valence-electron chi connectivity index (χ3n) is 6.20. The van der Waals surface area contributed by atoms with Crippen LogP contribution in [0.15, 0.2) is 97.1 Å². The predicted octanol–water partition coefficient (Wildman–Crippen LogP) is 5.88. The van der Waals surface area contributed by atoms with Crippen LogP contribution in [-0.2, 0) is 17.9 Å². The van der Waals surface area contributed by atoms with Crippen LogP contribution in [0, 0.1) is 0 Å². The minimum absolute atomic E-state index is 0.00595. The number of benzene rings is 4. The van der Waals surface area contributed by atoms with Crippen molar-refractivity contribution in [1.29, 1.82) is 0 Å². The third kappa shape index (κ3) is 4.26. The molecule has 0 fully saturated rings. The van der Waals surface area contributed by atoms with E-state index in [9.17, 15) is 9.90 Å². The quantitative estimate of drug-likeness (QED) is 0.397. The molecule has 0 aliphatic heterocycles. The number of carbonyl (C=O) groups excluding carboxylic acids is 1. The molecule has 1 aliphatic rings. The number of rotatable bonds is 6. The molecular weight excluding hydrogens is 410 g/mol. The van der Waals surface area contributed by atoms with Gasteiger partial charge in [0.15, 0.2) is 0 Å². The number of alkyl carbamates (subject to hydrolysis) is 1. The fourth-order valence-electron chi connectivity index (χ4n) is 4.61. The lowest BCUT2D eigenvalue weighted by molar-refractivity contribution is 0.142. The fourth-order valence-corrected chi connectivity index (χ4v) is 4.61. The maximum atomic E-state index is 12.6. The standard InChI is InChI=1S/C29H25NO3/c31-18-20-8-7-10-21(16-20)23-11-2-1-9-22(23)17-30-29(32)33-19-28-26-14-5-3-12-24(26)25-13-4-6-15-27(25)28/h1-16,28,31H,17-19H2,(H,30,32). The lowest BCUT2D eigenvalue weighted by Crippen LogP contribution is -2.25. The molecule has 1 aliphatic carbocycles. The Morgan fingerprint density at radius 1 is 0.788 bits per heavy atom. The van der Waals surface area contributed by atoms with Crippen LogP contribution >= 0.6 is 0 Å². The van der Waals surface area contributed by atoms with Crippen molar-refractivity contribution in [3.8, 4) is 22.3 Å². The zero-order valence-electron chi connectivity index (χ0n) is 18.2. The molecule has 0 atom stereocenters. The monoisotopic (exact) mass is 435 g/mol. The summed E-state index contributed by atoms with van der Waals surface area (Å²) < 4.78 is 5.66. The van der Waals surface area contributed by atoms with Gasteiger partial charge in [0.25, 0.3) is 0 Å². The number of amides is 1. The summed E-state index contributed by atoms with van der Waals surface area (Å²) in [6.07, 6.45) is -0.434. The molecule has 164 valence electrons. The van der Waals surface area contributed by atoms with Crippen LogP contribution in [0.1, 0.15) is 28.2 Å². The number of fused-ring (bicyclic) bond motifs is 3. The first kappa shape index (κ1) is 21.0. The van der Waals surface area contributed by atoms with E-state index in [2.05, 4.69) is 29.6 Å². The molecule has 0 radical (unpaired) electrons. The third-order valence-corrected chi connectivity index (χ3v) is 6.20. The Hall–Kier alpha value is -3.89. The van der Waals surface area contributed by atoms with Gasteiger partial charge in [-0.05, 0) is 50.6 Å². The smallest absolute Gasteiger partial charge is 0.407 e. The van der Waals surface area contributed by atoms with Crippen LogP contribution in [0.4, 0.5) is 4.79 Å². The van der Waals surface area contributed by atoms with Gasteiger partial charge in [-0.15, -0.1) is 0 Å². The maximum absolute atomic E-state index is 12.6. The first-order chi connectivity index (χ1) is 16.2. The van der Waals surface area contributed by atoms with Crippen LogP contribution in [0.25, 0.3) is 22.3 Å². The van der Waals surface area contributed by atoms with Crippen molar-refractivity contribution >= 4 is 6.09 Å². The summed E-state index contributed by atoms with van der Waals surface area (Å²) in [5.41, 5.74) is 8.68. The van der Waals surface area contributed by atoms with Gasteiger partial charge in [-0.2, -0.15) is 0 Å². The fraction of sp³-hybridized carbons (Fsp3) is 0.138. The Kier molecular flexibility index (Phi) is 5.92. The van der Waals surface area contributed by atoms with Crippen molar-refractivity contribution in [2.24, 2.45) is 0 Å². The van der Waals surface area contributed by atoms with Crippen molar-refractivity contribution < 1.29 is 14.6 Å². The van der Waals surface area contributed by atoms with Gasteiger partial charge < -0.3 is 15.2 Å². The summed E-state index contributed by atoms with van der Waals surface area (Å²) in [6.45, 7) is 0.643. The predicted molar refractivity (Wildman–Crippen MR) is 130 cm³/mol. The van der Waals surface area contributed by atoms with E-state index in [-0.39, 0.29) is 12.5 Å². The van der Waals surface area contributed by atoms with E-state index in [0.717, 1.165) is 22.3 Å². The molecule has 4 aromatic rings. The number of aliphatic hydroxyl groups excluding tert-OH is 1. The summed E-state index contributed by atoms with van der Waals surface area (Å²) in [7, 11) is 0. The average molecular weight is 436 g/mol. The van der Waals surface area contributed by atoms with E-state index < -0.39 is 6.09 Å². The molecule has 5 rings (SSSR count). The zero-order chi connectivity index (χ0) is 22.6. The number of carbonyl (C=O) groups is 1. The van der Waals surface area contributed by atoms with Crippen molar-refractivity contribution in [2.45, 2.75) is 19.1 Å². The molecule has 4 nitrogen and oxygen atoms in total. The Morgan fingerprint density at radius 3 is 2.12 bits per heavy atom. The van der Waals surface area contributed by atoms with Crippen LogP contribution in [0.5, 0.6) is 0 Å². The molecular formula is C29H25NO3. The summed E-state index contributed by atoms with van der Waals surface area (Å²) in [5, 5.41) is 12.4. The number of aliphatic hydroxyl groups is 1. The molecule has 0 spiro atoms.